The molecule has 2 amide bonds. The van der Waals surface area contributed by atoms with Crippen LogP contribution < -0.4 is 5.32 Å². The maximum absolute atomic E-state index is 12.4. The normalized spacial score (nSPS) is 11.4. The lowest BCUT2D eigenvalue weighted by atomic mass is 10.1. The molecule has 0 bridgehead atoms. The molecule has 0 fully saturated rings. The van der Waals surface area contributed by atoms with Crippen LogP contribution in [0.1, 0.15) is 33.2 Å². The highest BCUT2D eigenvalue weighted by Crippen LogP contribution is 2.19. The molecule has 27 heavy (non-hydrogen) atoms. The van der Waals surface area contributed by atoms with E-state index in [1.54, 1.807) is 50.5 Å². The average Bonchev–Trinajstić information content (AvgIpc) is 2.66. The highest BCUT2D eigenvalue weighted by atomic mass is 16.5. The number of esters is 1. The molecule has 0 radical (unpaired) electrons. The lowest BCUT2D eigenvalue weighted by Gasteiger charge is -2.21. The highest BCUT2D eigenvalue weighted by Gasteiger charge is 2.26. The van der Waals surface area contributed by atoms with E-state index in [4.69, 9.17) is 4.74 Å². The van der Waals surface area contributed by atoms with Gasteiger partial charge in [0.15, 0.2) is 0 Å². The molecule has 0 spiro atoms. The second-order valence-corrected chi connectivity index (χ2v) is 6.49. The number of likely N-dealkylation sites (N-methyl/N-ethyl adjacent to an activating group) is 1. The van der Waals surface area contributed by atoms with Gasteiger partial charge in [-0.3, -0.25) is 14.4 Å². The van der Waals surface area contributed by atoms with Crippen LogP contribution in [0.5, 0.6) is 0 Å². The van der Waals surface area contributed by atoms with Crippen LogP contribution in [0.3, 0.4) is 0 Å². The number of rotatable bonds is 6. The first-order valence-electron chi connectivity index (χ1n) is 8.60. The van der Waals surface area contributed by atoms with E-state index in [-0.39, 0.29) is 18.4 Å². The van der Waals surface area contributed by atoms with Crippen LogP contribution in [-0.2, 0) is 14.3 Å². The fourth-order valence-corrected chi connectivity index (χ4v) is 2.43. The van der Waals surface area contributed by atoms with Crippen molar-refractivity contribution in [3.63, 3.8) is 0 Å². The molecule has 0 aromatic heterocycles. The van der Waals surface area contributed by atoms with E-state index in [1.165, 1.54) is 4.90 Å². The van der Waals surface area contributed by atoms with Gasteiger partial charge in [-0.25, -0.2) is 0 Å². The topological polar surface area (TPSA) is 75.7 Å². The number of amides is 2. The van der Waals surface area contributed by atoms with E-state index >= 15 is 0 Å². The zero-order valence-electron chi connectivity index (χ0n) is 16.0. The summed E-state index contributed by atoms with van der Waals surface area (Å²) in [4.78, 5) is 38.1. The summed E-state index contributed by atoms with van der Waals surface area (Å²) in [5.74, 6) is -1.41. The Morgan fingerprint density at radius 3 is 2.26 bits per heavy atom. The van der Waals surface area contributed by atoms with Crippen molar-refractivity contribution in [3.8, 4) is 0 Å². The van der Waals surface area contributed by atoms with E-state index in [9.17, 15) is 14.4 Å². The number of carbonyl (C=O) groups excluding carboxylic acids is 3. The summed E-state index contributed by atoms with van der Waals surface area (Å²) >= 11 is 0. The second-order valence-electron chi connectivity index (χ2n) is 6.49. The summed E-state index contributed by atoms with van der Waals surface area (Å²) < 4.78 is 5.34. The molecule has 0 saturated carbocycles. The number of carbonyl (C=O) groups is 3. The van der Waals surface area contributed by atoms with Crippen LogP contribution in [0.4, 0.5) is 0 Å². The monoisotopic (exact) mass is 368 g/mol. The summed E-state index contributed by atoms with van der Waals surface area (Å²) in [6.45, 7) is 3.55. The van der Waals surface area contributed by atoms with Gasteiger partial charge in [0.2, 0.25) is 6.10 Å². The minimum absolute atomic E-state index is 0.324. The first-order valence-corrected chi connectivity index (χ1v) is 8.60. The fraction of sp³-hybridized carbons (Fsp3) is 0.286. The second kappa shape index (κ2) is 8.98. The number of hydrogen-bond donors (Lipinski definition) is 1. The maximum Gasteiger partial charge on any atom is 0.326 e. The van der Waals surface area contributed by atoms with Crippen molar-refractivity contribution in [2.45, 2.75) is 20.0 Å². The SMILES string of the molecule is Cc1ccc(C(=O)NCC(=O)O[C@H](C(=O)N(C)C)c2ccccc2)cc1C. The third kappa shape index (κ3) is 5.41. The van der Waals surface area contributed by atoms with Gasteiger partial charge in [-0.2, -0.15) is 0 Å². The molecule has 1 N–H and O–H groups in total. The number of hydrogen-bond acceptors (Lipinski definition) is 4. The third-order valence-corrected chi connectivity index (χ3v) is 4.18. The van der Waals surface area contributed by atoms with Crippen molar-refractivity contribution >= 4 is 17.8 Å². The van der Waals surface area contributed by atoms with Crippen molar-refractivity contribution in [1.82, 2.24) is 10.2 Å². The predicted octanol–water partition coefficient (Wildman–Crippen LogP) is 2.41. The van der Waals surface area contributed by atoms with Gasteiger partial charge in [-0.1, -0.05) is 36.4 Å². The van der Waals surface area contributed by atoms with Gasteiger partial charge in [0.1, 0.15) is 6.54 Å². The number of nitrogens with zero attached hydrogens (tertiary/aromatic N) is 1. The molecule has 0 unspecified atom stereocenters. The Morgan fingerprint density at radius 2 is 1.67 bits per heavy atom. The summed E-state index contributed by atoms with van der Waals surface area (Å²) in [5.41, 5.74) is 3.12. The Kier molecular flexibility index (Phi) is 6.71. The Labute approximate surface area is 159 Å². The molecule has 2 aromatic carbocycles. The molecule has 0 aliphatic carbocycles. The van der Waals surface area contributed by atoms with Gasteiger partial charge in [0, 0.05) is 25.2 Å². The van der Waals surface area contributed by atoms with Crippen molar-refractivity contribution in [3.05, 3.63) is 70.8 Å². The fourth-order valence-electron chi connectivity index (χ4n) is 2.43. The lowest BCUT2D eigenvalue weighted by molar-refractivity contribution is -0.158. The average molecular weight is 368 g/mol. The molecule has 0 heterocycles. The Balaban J connectivity index is 2.02. The van der Waals surface area contributed by atoms with Crippen molar-refractivity contribution in [2.24, 2.45) is 0 Å². The summed E-state index contributed by atoms with van der Waals surface area (Å²) in [6.07, 6.45) is -1.05. The molecule has 2 rings (SSSR count). The van der Waals surface area contributed by atoms with Crippen LogP contribution in [0.15, 0.2) is 48.5 Å². The number of benzene rings is 2. The molecule has 1 atom stereocenters. The first-order chi connectivity index (χ1) is 12.8. The lowest BCUT2D eigenvalue weighted by Crippen LogP contribution is -2.35. The van der Waals surface area contributed by atoms with E-state index < -0.39 is 12.1 Å². The Bertz CT molecular complexity index is 831. The van der Waals surface area contributed by atoms with Crippen molar-refractivity contribution in [1.29, 1.82) is 0 Å². The minimum Gasteiger partial charge on any atom is -0.446 e. The van der Waals surface area contributed by atoms with Crippen LogP contribution in [0, 0.1) is 13.8 Å². The molecular weight excluding hydrogens is 344 g/mol. The van der Waals surface area contributed by atoms with E-state index in [1.807, 2.05) is 26.0 Å². The highest BCUT2D eigenvalue weighted by molar-refractivity contribution is 5.96. The molecule has 6 heteroatoms. The van der Waals surface area contributed by atoms with Gasteiger partial charge in [-0.05, 0) is 37.1 Å². The Morgan fingerprint density at radius 1 is 1.00 bits per heavy atom. The zero-order chi connectivity index (χ0) is 20.0. The molecule has 142 valence electrons. The first kappa shape index (κ1) is 20.2. The van der Waals surface area contributed by atoms with Gasteiger partial charge < -0.3 is 15.0 Å². The number of ether oxygens (including phenoxy) is 1. The molecule has 2 aromatic rings. The van der Waals surface area contributed by atoms with Crippen LogP contribution in [0.2, 0.25) is 0 Å². The smallest absolute Gasteiger partial charge is 0.326 e. The van der Waals surface area contributed by atoms with Gasteiger partial charge >= 0.3 is 5.97 Å². The van der Waals surface area contributed by atoms with Crippen LogP contribution in [-0.4, -0.2) is 43.3 Å². The number of nitrogens with one attached hydrogen (secondary N) is 1. The van der Waals surface area contributed by atoms with Gasteiger partial charge in [0.25, 0.3) is 11.8 Å². The predicted molar refractivity (Wildman–Crippen MR) is 102 cm³/mol. The summed E-state index contributed by atoms with van der Waals surface area (Å²) in [5, 5.41) is 2.53. The molecule has 0 saturated heterocycles. The number of aryl methyl sites for hydroxylation is 2. The van der Waals surface area contributed by atoms with E-state index in [0.717, 1.165) is 11.1 Å². The van der Waals surface area contributed by atoms with Crippen LogP contribution >= 0.6 is 0 Å². The van der Waals surface area contributed by atoms with Crippen molar-refractivity contribution < 1.29 is 19.1 Å². The molecule has 6 nitrogen and oxygen atoms in total. The van der Waals surface area contributed by atoms with Gasteiger partial charge in [0.05, 0.1) is 0 Å². The molecular formula is C21H24N2O4. The molecule has 0 aliphatic rings. The third-order valence-electron chi connectivity index (χ3n) is 4.18. The minimum atomic E-state index is -1.05. The maximum atomic E-state index is 12.4. The van der Waals surface area contributed by atoms with E-state index in [2.05, 4.69) is 5.32 Å². The quantitative estimate of drug-likeness (QED) is 0.795. The summed E-state index contributed by atoms with van der Waals surface area (Å²) in [6, 6.07) is 14.1. The standard InChI is InChI=1S/C21H24N2O4/c1-14-10-11-17(12-15(14)2)20(25)22-13-18(24)27-19(21(26)23(3)4)16-8-6-5-7-9-16/h5-12,19H,13H2,1-4H3,(H,22,25)/t19-/m0/s1. The van der Waals surface area contributed by atoms with E-state index in [0.29, 0.717) is 11.1 Å². The Hall–Kier alpha value is -3.15. The van der Waals surface area contributed by atoms with Crippen LogP contribution in [0.25, 0.3) is 0 Å². The largest absolute Gasteiger partial charge is 0.446 e. The van der Waals surface area contributed by atoms with Gasteiger partial charge in [-0.15, -0.1) is 0 Å². The molecule has 0 aliphatic heterocycles. The zero-order valence-corrected chi connectivity index (χ0v) is 16.0. The summed E-state index contributed by atoms with van der Waals surface area (Å²) in [7, 11) is 3.18. The van der Waals surface area contributed by atoms with Crippen molar-refractivity contribution in [2.75, 3.05) is 20.6 Å².